The number of fused-ring (bicyclic) bond motifs is 1. The lowest BCUT2D eigenvalue weighted by molar-refractivity contribution is -0.148. The fourth-order valence-electron chi connectivity index (χ4n) is 3.51. The van der Waals surface area contributed by atoms with Gasteiger partial charge in [-0.05, 0) is 44.2 Å². The first-order valence-electron chi connectivity index (χ1n) is 9.80. The predicted molar refractivity (Wildman–Crippen MR) is 116 cm³/mol. The van der Waals surface area contributed by atoms with Gasteiger partial charge in [0.2, 0.25) is 12.1 Å². The first-order valence-corrected chi connectivity index (χ1v) is 9.80. The van der Waals surface area contributed by atoms with Crippen molar-refractivity contribution >= 4 is 29.2 Å². The number of nitrogens with zero attached hydrogens (tertiary/aromatic N) is 3. The van der Waals surface area contributed by atoms with Gasteiger partial charge in [0.1, 0.15) is 5.75 Å². The molecule has 1 aliphatic heterocycles. The quantitative estimate of drug-likeness (QED) is 0.649. The number of amides is 1. The molecule has 8 heteroatoms. The van der Waals surface area contributed by atoms with Crippen LogP contribution in [0.25, 0.3) is 0 Å². The lowest BCUT2D eigenvalue weighted by Gasteiger charge is -2.33. The third-order valence-electron chi connectivity index (χ3n) is 4.87. The fraction of sp³-hybridized carbons (Fsp3) is 0.217. The minimum Gasteiger partial charge on any atom is -0.475 e. The van der Waals surface area contributed by atoms with Crippen LogP contribution in [0.2, 0.25) is 0 Å². The standard InChI is InChI=1S/C23H22N4O4/c1-14-12-15(2)25-23(24-14)26-17-9-5-4-8-16(17)21(28)27-13-20(22(29)30-3)31-19-11-7-6-10-18(19)27/h4-12,20H,13H2,1-3H3,(H,24,25,26). The molecule has 0 saturated heterocycles. The maximum atomic E-state index is 13.6. The number of para-hydroxylation sites is 3. The smallest absolute Gasteiger partial charge is 0.348 e. The summed E-state index contributed by atoms with van der Waals surface area (Å²) >= 11 is 0. The molecule has 1 N–H and O–H groups in total. The van der Waals surface area contributed by atoms with Gasteiger partial charge in [-0.25, -0.2) is 14.8 Å². The van der Waals surface area contributed by atoms with E-state index in [4.69, 9.17) is 9.47 Å². The zero-order chi connectivity index (χ0) is 22.0. The lowest BCUT2D eigenvalue weighted by Crippen LogP contribution is -2.47. The molecule has 0 aliphatic carbocycles. The largest absolute Gasteiger partial charge is 0.475 e. The molecule has 0 saturated carbocycles. The summed E-state index contributed by atoms with van der Waals surface area (Å²) in [6.45, 7) is 3.81. The van der Waals surface area contributed by atoms with Crippen LogP contribution in [0, 0.1) is 13.8 Å². The number of benzene rings is 2. The highest BCUT2D eigenvalue weighted by Gasteiger charge is 2.35. The Balaban J connectivity index is 1.70. The predicted octanol–water partition coefficient (Wildman–Crippen LogP) is 3.42. The highest BCUT2D eigenvalue weighted by molar-refractivity contribution is 6.11. The molecule has 1 amide bonds. The number of carbonyl (C=O) groups excluding carboxylic acids is 2. The minimum atomic E-state index is -0.910. The summed E-state index contributed by atoms with van der Waals surface area (Å²) in [5.74, 6) is 0.0348. The summed E-state index contributed by atoms with van der Waals surface area (Å²) < 4.78 is 10.6. The third kappa shape index (κ3) is 4.18. The Kier molecular flexibility index (Phi) is 5.53. The molecule has 0 bridgehead atoms. The number of nitrogens with one attached hydrogen (secondary N) is 1. The van der Waals surface area contributed by atoms with Gasteiger partial charge in [-0.3, -0.25) is 4.79 Å². The van der Waals surface area contributed by atoms with Gasteiger partial charge in [-0.15, -0.1) is 0 Å². The van der Waals surface area contributed by atoms with Crippen molar-refractivity contribution in [2.45, 2.75) is 20.0 Å². The first kappa shape index (κ1) is 20.3. The van der Waals surface area contributed by atoms with E-state index in [0.29, 0.717) is 28.6 Å². The highest BCUT2D eigenvalue weighted by Crippen LogP contribution is 2.35. The second-order valence-electron chi connectivity index (χ2n) is 7.16. The summed E-state index contributed by atoms with van der Waals surface area (Å²) in [6, 6.07) is 16.1. The minimum absolute atomic E-state index is 0.0386. The van der Waals surface area contributed by atoms with E-state index in [2.05, 4.69) is 15.3 Å². The second-order valence-corrected chi connectivity index (χ2v) is 7.16. The van der Waals surface area contributed by atoms with Gasteiger partial charge in [-0.1, -0.05) is 24.3 Å². The number of methoxy groups -OCH3 is 1. The van der Waals surface area contributed by atoms with Crippen molar-refractivity contribution in [2.75, 3.05) is 23.9 Å². The molecular weight excluding hydrogens is 396 g/mol. The number of aromatic nitrogens is 2. The molecular formula is C23H22N4O4. The van der Waals surface area contributed by atoms with Crippen LogP contribution >= 0.6 is 0 Å². The number of rotatable bonds is 4. The Morgan fingerprint density at radius 1 is 1.06 bits per heavy atom. The number of carbonyl (C=O) groups is 2. The molecule has 1 aromatic heterocycles. The Morgan fingerprint density at radius 3 is 2.48 bits per heavy atom. The molecule has 4 rings (SSSR count). The van der Waals surface area contributed by atoms with E-state index in [1.54, 1.807) is 36.4 Å². The van der Waals surface area contributed by atoms with Gasteiger partial charge in [0.25, 0.3) is 5.91 Å². The van der Waals surface area contributed by atoms with E-state index >= 15 is 0 Å². The molecule has 0 radical (unpaired) electrons. The highest BCUT2D eigenvalue weighted by atomic mass is 16.6. The Labute approximate surface area is 179 Å². The second kappa shape index (κ2) is 8.43. The van der Waals surface area contributed by atoms with E-state index in [9.17, 15) is 9.59 Å². The van der Waals surface area contributed by atoms with Gasteiger partial charge < -0.3 is 19.7 Å². The zero-order valence-electron chi connectivity index (χ0n) is 17.5. The first-order chi connectivity index (χ1) is 15.0. The normalized spacial score (nSPS) is 14.9. The fourth-order valence-corrected chi connectivity index (χ4v) is 3.51. The zero-order valence-corrected chi connectivity index (χ0v) is 17.5. The molecule has 1 unspecified atom stereocenters. The molecule has 0 fully saturated rings. The average Bonchev–Trinajstić information content (AvgIpc) is 2.77. The molecule has 1 aliphatic rings. The van der Waals surface area contributed by atoms with Crippen molar-refractivity contribution in [2.24, 2.45) is 0 Å². The number of anilines is 3. The van der Waals surface area contributed by atoms with Gasteiger partial charge in [0.15, 0.2) is 0 Å². The van der Waals surface area contributed by atoms with Crippen LogP contribution in [0.1, 0.15) is 21.7 Å². The lowest BCUT2D eigenvalue weighted by atomic mass is 10.1. The molecule has 0 spiro atoms. The van der Waals surface area contributed by atoms with Crippen LogP contribution in [0.3, 0.4) is 0 Å². The summed E-state index contributed by atoms with van der Waals surface area (Å²) in [5.41, 5.74) is 3.22. The SMILES string of the molecule is COC(=O)C1CN(C(=O)c2ccccc2Nc2nc(C)cc(C)n2)c2ccccc2O1. The molecule has 2 aromatic carbocycles. The molecule has 8 nitrogen and oxygen atoms in total. The van der Waals surface area contributed by atoms with Crippen LogP contribution in [-0.2, 0) is 9.53 Å². The van der Waals surface area contributed by atoms with Crippen molar-refractivity contribution in [3.05, 3.63) is 71.5 Å². The van der Waals surface area contributed by atoms with Crippen molar-refractivity contribution in [3.8, 4) is 5.75 Å². The van der Waals surface area contributed by atoms with Gasteiger partial charge in [-0.2, -0.15) is 0 Å². The number of aryl methyl sites for hydroxylation is 2. The molecule has 3 aromatic rings. The molecule has 31 heavy (non-hydrogen) atoms. The van der Waals surface area contributed by atoms with E-state index in [1.807, 2.05) is 32.0 Å². The van der Waals surface area contributed by atoms with E-state index in [0.717, 1.165) is 11.4 Å². The van der Waals surface area contributed by atoms with Crippen molar-refractivity contribution in [3.63, 3.8) is 0 Å². The van der Waals surface area contributed by atoms with E-state index < -0.39 is 12.1 Å². The number of esters is 1. The van der Waals surface area contributed by atoms with Crippen LogP contribution in [0.5, 0.6) is 5.75 Å². The Morgan fingerprint density at radius 2 is 1.74 bits per heavy atom. The van der Waals surface area contributed by atoms with Crippen molar-refractivity contribution in [1.29, 1.82) is 0 Å². The van der Waals surface area contributed by atoms with Gasteiger partial charge in [0, 0.05) is 11.4 Å². The van der Waals surface area contributed by atoms with Crippen LogP contribution in [-0.4, -0.2) is 41.6 Å². The molecule has 1 atom stereocenters. The Hall–Kier alpha value is -3.94. The van der Waals surface area contributed by atoms with Crippen molar-refractivity contribution in [1.82, 2.24) is 9.97 Å². The number of hydrogen-bond donors (Lipinski definition) is 1. The number of hydrogen-bond acceptors (Lipinski definition) is 7. The molecule has 2 heterocycles. The van der Waals surface area contributed by atoms with Gasteiger partial charge in [0.05, 0.1) is 30.6 Å². The van der Waals surface area contributed by atoms with Crippen molar-refractivity contribution < 1.29 is 19.1 Å². The van der Waals surface area contributed by atoms with E-state index in [-0.39, 0.29) is 12.5 Å². The maximum Gasteiger partial charge on any atom is 0.348 e. The average molecular weight is 418 g/mol. The van der Waals surface area contributed by atoms with Crippen LogP contribution in [0.4, 0.5) is 17.3 Å². The summed E-state index contributed by atoms with van der Waals surface area (Å²) in [5, 5.41) is 3.15. The van der Waals surface area contributed by atoms with Gasteiger partial charge >= 0.3 is 5.97 Å². The summed E-state index contributed by atoms with van der Waals surface area (Å²) in [6.07, 6.45) is -0.910. The van der Waals surface area contributed by atoms with E-state index in [1.165, 1.54) is 12.0 Å². The summed E-state index contributed by atoms with van der Waals surface area (Å²) in [4.78, 5) is 36.1. The molecule has 158 valence electrons. The maximum absolute atomic E-state index is 13.6. The van der Waals surface area contributed by atoms with Crippen LogP contribution < -0.4 is 15.0 Å². The third-order valence-corrected chi connectivity index (χ3v) is 4.87. The monoisotopic (exact) mass is 418 g/mol. The topological polar surface area (TPSA) is 93.7 Å². The number of ether oxygens (including phenoxy) is 2. The summed E-state index contributed by atoms with van der Waals surface area (Å²) in [7, 11) is 1.29. The van der Waals surface area contributed by atoms with Crippen LogP contribution in [0.15, 0.2) is 54.6 Å². The Bertz CT molecular complexity index is 1130.